The number of anilines is 2. The fraction of sp³-hybridized carbons (Fsp3) is 0.250. The molecule has 10 heteroatoms. The number of nitrogens with zero attached hydrogens (tertiary/aromatic N) is 4. The normalized spacial score (nSPS) is 13.2. The van der Waals surface area contributed by atoms with Crippen LogP contribution in [0, 0.1) is 10.1 Å². The summed E-state index contributed by atoms with van der Waals surface area (Å²) >= 11 is 11.5. The molecule has 0 spiro atoms. The maximum absolute atomic E-state index is 11.0. The first-order chi connectivity index (χ1) is 14.5. The Hall–Kier alpha value is -3.04. The van der Waals surface area contributed by atoms with Gasteiger partial charge in [0.1, 0.15) is 5.82 Å². The van der Waals surface area contributed by atoms with Crippen LogP contribution >= 0.6 is 23.8 Å². The summed E-state index contributed by atoms with van der Waals surface area (Å²) in [5.74, 6) is 1.87. The van der Waals surface area contributed by atoms with Gasteiger partial charge >= 0.3 is 0 Å². The molecular formula is C20H19ClN6O2S. The van der Waals surface area contributed by atoms with E-state index in [4.69, 9.17) is 23.8 Å². The molecule has 3 aromatic rings. The Morgan fingerprint density at radius 1 is 1.13 bits per heavy atom. The van der Waals surface area contributed by atoms with E-state index in [1.165, 1.54) is 24.6 Å². The van der Waals surface area contributed by atoms with E-state index in [1.54, 1.807) is 0 Å². The van der Waals surface area contributed by atoms with Crippen LogP contribution in [-0.4, -0.2) is 24.8 Å². The highest BCUT2D eigenvalue weighted by Gasteiger charge is 2.16. The lowest BCUT2D eigenvalue weighted by Gasteiger charge is -2.13. The second-order valence-electron chi connectivity index (χ2n) is 6.98. The summed E-state index contributed by atoms with van der Waals surface area (Å²) in [5.41, 5.74) is 2.00. The Balaban J connectivity index is 1.52. The minimum Gasteiger partial charge on any atom is -0.332 e. The number of fused-ring (bicyclic) bond motifs is 1. The minimum absolute atomic E-state index is 0.0702. The van der Waals surface area contributed by atoms with E-state index in [9.17, 15) is 10.1 Å². The minimum atomic E-state index is -0.483. The summed E-state index contributed by atoms with van der Waals surface area (Å²) in [4.78, 5) is 10.5. The molecular weight excluding hydrogens is 424 g/mol. The van der Waals surface area contributed by atoms with Gasteiger partial charge in [0.25, 0.3) is 5.69 Å². The van der Waals surface area contributed by atoms with E-state index in [1.807, 2.05) is 24.3 Å². The van der Waals surface area contributed by atoms with Gasteiger partial charge in [0, 0.05) is 36.3 Å². The molecule has 0 aliphatic carbocycles. The van der Waals surface area contributed by atoms with Crippen molar-refractivity contribution in [3.63, 3.8) is 0 Å². The second-order valence-corrected chi connectivity index (χ2v) is 7.80. The maximum atomic E-state index is 11.0. The molecule has 2 N–H and O–H groups in total. The lowest BCUT2D eigenvalue weighted by Crippen LogP contribution is -2.19. The van der Waals surface area contributed by atoms with E-state index in [0.29, 0.717) is 10.7 Å². The molecule has 2 heterocycles. The molecule has 1 aliphatic heterocycles. The molecule has 0 atom stereocenters. The van der Waals surface area contributed by atoms with Crippen LogP contribution < -0.4 is 10.6 Å². The van der Waals surface area contributed by atoms with Crippen molar-refractivity contribution in [2.24, 2.45) is 0 Å². The lowest BCUT2D eigenvalue weighted by molar-refractivity contribution is -0.384. The van der Waals surface area contributed by atoms with Crippen molar-refractivity contribution < 1.29 is 4.92 Å². The zero-order chi connectivity index (χ0) is 21.1. The number of aryl methyl sites for hydroxylation is 1. The summed E-state index contributed by atoms with van der Waals surface area (Å²) in [6.07, 6.45) is 4.40. The van der Waals surface area contributed by atoms with Crippen molar-refractivity contribution in [1.82, 2.24) is 14.8 Å². The van der Waals surface area contributed by atoms with E-state index in [2.05, 4.69) is 25.4 Å². The van der Waals surface area contributed by atoms with Gasteiger partial charge in [-0.2, -0.15) is 0 Å². The van der Waals surface area contributed by atoms with Gasteiger partial charge in [-0.15, -0.1) is 10.2 Å². The maximum Gasteiger partial charge on any atom is 0.271 e. The van der Waals surface area contributed by atoms with E-state index >= 15 is 0 Å². The van der Waals surface area contributed by atoms with Gasteiger partial charge in [-0.05, 0) is 43.3 Å². The third kappa shape index (κ3) is 4.42. The number of rotatable bonds is 4. The lowest BCUT2D eigenvalue weighted by atomic mass is 10.2. The SMILES string of the molecule is O=[N+]([O-])c1ccc(Cl)c(NC(=S)Nc2cccc(-c3nnc4n3CCCCC4)c2)c1. The molecule has 4 rings (SSSR count). The van der Waals surface area contributed by atoms with Crippen LogP contribution in [-0.2, 0) is 13.0 Å². The van der Waals surface area contributed by atoms with E-state index in [-0.39, 0.29) is 10.8 Å². The van der Waals surface area contributed by atoms with Gasteiger partial charge < -0.3 is 15.2 Å². The Morgan fingerprint density at radius 3 is 2.83 bits per heavy atom. The topological polar surface area (TPSA) is 97.9 Å². The molecule has 2 aromatic carbocycles. The van der Waals surface area contributed by atoms with Gasteiger partial charge in [0.05, 0.1) is 15.6 Å². The van der Waals surface area contributed by atoms with Crippen LogP contribution in [0.4, 0.5) is 17.1 Å². The molecule has 30 heavy (non-hydrogen) atoms. The monoisotopic (exact) mass is 442 g/mol. The van der Waals surface area contributed by atoms with E-state index < -0.39 is 4.92 Å². The van der Waals surface area contributed by atoms with Crippen LogP contribution in [0.2, 0.25) is 5.02 Å². The third-order valence-electron chi connectivity index (χ3n) is 4.90. The van der Waals surface area contributed by atoms with Gasteiger partial charge in [-0.1, -0.05) is 30.2 Å². The quantitative estimate of drug-likeness (QED) is 0.331. The molecule has 0 amide bonds. The number of thiocarbonyl (C=S) groups is 1. The Labute approximate surface area is 183 Å². The predicted octanol–water partition coefficient (Wildman–Crippen LogP) is 5.04. The summed E-state index contributed by atoms with van der Waals surface area (Å²) in [6.45, 7) is 0.917. The standard InChI is InChI=1S/C20H19ClN6O2S/c21-16-9-8-15(27(28)29)12-17(16)23-20(30)22-14-6-4-5-13(11-14)19-25-24-18-7-2-1-3-10-26(18)19/h4-6,8-9,11-12H,1-3,7,10H2,(H2,22,23,30). The zero-order valence-corrected chi connectivity index (χ0v) is 17.5. The highest BCUT2D eigenvalue weighted by molar-refractivity contribution is 7.80. The van der Waals surface area contributed by atoms with Crippen molar-refractivity contribution >= 4 is 46.0 Å². The number of aromatic nitrogens is 3. The summed E-state index contributed by atoms with van der Waals surface area (Å²) < 4.78 is 2.19. The smallest absolute Gasteiger partial charge is 0.271 e. The average Bonchev–Trinajstić information content (AvgIpc) is 2.98. The number of nitro groups is 1. The second kappa shape index (κ2) is 8.76. The number of hydrogen-bond donors (Lipinski definition) is 2. The molecule has 0 bridgehead atoms. The molecule has 0 radical (unpaired) electrons. The van der Waals surface area contributed by atoms with Crippen molar-refractivity contribution in [3.8, 4) is 11.4 Å². The van der Waals surface area contributed by atoms with Crippen LogP contribution in [0.5, 0.6) is 0 Å². The Morgan fingerprint density at radius 2 is 2.00 bits per heavy atom. The van der Waals surface area contributed by atoms with Gasteiger partial charge in [-0.3, -0.25) is 10.1 Å². The predicted molar refractivity (Wildman–Crippen MR) is 121 cm³/mol. The molecule has 0 unspecified atom stereocenters. The largest absolute Gasteiger partial charge is 0.332 e. The van der Waals surface area contributed by atoms with Crippen molar-refractivity contribution in [2.45, 2.75) is 32.2 Å². The number of halogens is 1. The van der Waals surface area contributed by atoms with Gasteiger partial charge in [0.2, 0.25) is 0 Å². The van der Waals surface area contributed by atoms with Crippen molar-refractivity contribution in [1.29, 1.82) is 0 Å². The third-order valence-corrected chi connectivity index (χ3v) is 5.43. The van der Waals surface area contributed by atoms with Crippen LogP contribution in [0.25, 0.3) is 11.4 Å². The number of non-ortho nitro benzene ring substituents is 1. The van der Waals surface area contributed by atoms with Crippen LogP contribution in [0.1, 0.15) is 25.1 Å². The Kier molecular flexibility index (Phi) is 5.91. The summed E-state index contributed by atoms with van der Waals surface area (Å²) in [6, 6.07) is 11.9. The summed E-state index contributed by atoms with van der Waals surface area (Å²) in [7, 11) is 0. The summed E-state index contributed by atoms with van der Waals surface area (Å²) in [5, 5.41) is 26.4. The van der Waals surface area contributed by atoms with Gasteiger partial charge in [0.15, 0.2) is 10.9 Å². The fourth-order valence-electron chi connectivity index (χ4n) is 3.44. The average molecular weight is 443 g/mol. The Bertz CT molecular complexity index is 1120. The first-order valence-electron chi connectivity index (χ1n) is 9.56. The van der Waals surface area contributed by atoms with Crippen LogP contribution in [0.15, 0.2) is 42.5 Å². The van der Waals surface area contributed by atoms with Crippen molar-refractivity contribution in [3.05, 3.63) is 63.4 Å². The first-order valence-corrected chi connectivity index (χ1v) is 10.3. The highest BCUT2D eigenvalue weighted by Crippen LogP contribution is 2.28. The molecule has 0 saturated carbocycles. The van der Waals surface area contributed by atoms with Crippen molar-refractivity contribution in [2.75, 3.05) is 10.6 Å². The number of nitrogens with one attached hydrogen (secondary N) is 2. The van der Waals surface area contributed by atoms with E-state index in [0.717, 1.165) is 48.7 Å². The zero-order valence-electron chi connectivity index (χ0n) is 16.0. The number of nitro benzene ring substituents is 1. The first kappa shape index (κ1) is 20.2. The molecule has 0 saturated heterocycles. The number of benzene rings is 2. The molecule has 1 aromatic heterocycles. The number of hydrogen-bond acceptors (Lipinski definition) is 5. The molecule has 0 fully saturated rings. The van der Waals surface area contributed by atoms with Crippen LogP contribution in [0.3, 0.4) is 0 Å². The molecule has 1 aliphatic rings. The van der Waals surface area contributed by atoms with Gasteiger partial charge in [-0.25, -0.2) is 0 Å². The molecule has 8 nitrogen and oxygen atoms in total. The molecule has 154 valence electrons. The fourth-order valence-corrected chi connectivity index (χ4v) is 3.83. The highest BCUT2D eigenvalue weighted by atomic mass is 35.5.